The third-order valence-electron chi connectivity index (χ3n) is 6.63. The summed E-state index contributed by atoms with van der Waals surface area (Å²) in [6, 6.07) is 14.3. The van der Waals surface area contributed by atoms with Crippen LogP contribution in [0.5, 0.6) is 11.5 Å². The van der Waals surface area contributed by atoms with Crippen LogP contribution in [0.25, 0.3) is 0 Å². The molecule has 0 spiro atoms. The molecule has 2 aromatic heterocycles. The third kappa shape index (κ3) is 6.06. The van der Waals surface area contributed by atoms with Crippen LogP contribution in [0.2, 0.25) is 0 Å². The van der Waals surface area contributed by atoms with Crippen molar-refractivity contribution in [2.24, 2.45) is 0 Å². The van der Waals surface area contributed by atoms with E-state index in [9.17, 15) is 14.7 Å². The van der Waals surface area contributed by atoms with Gasteiger partial charge in [-0.25, -0.2) is 4.98 Å². The molecule has 1 aliphatic rings. The zero-order valence-corrected chi connectivity index (χ0v) is 26.1. The highest BCUT2D eigenvalue weighted by Gasteiger charge is 2.47. The summed E-state index contributed by atoms with van der Waals surface area (Å²) in [5, 5.41) is 20.8. The number of unbranched alkanes of at least 4 members (excludes halogenated alkanes) is 1. The number of aliphatic hydroxyl groups excluding tert-OH is 1. The maximum absolute atomic E-state index is 13.9. The number of hydrogen-bond acceptors (Lipinski definition) is 11. The summed E-state index contributed by atoms with van der Waals surface area (Å²) in [5.41, 5.74) is 2.19. The van der Waals surface area contributed by atoms with Gasteiger partial charge in [-0.05, 0) is 43.5 Å². The molecule has 1 unspecified atom stereocenters. The van der Waals surface area contributed by atoms with Crippen molar-refractivity contribution in [1.29, 1.82) is 0 Å². The molecule has 2 aromatic carbocycles. The first-order chi connectivity index (χ1) is 20.3. The maximum Gasteiger partial charge on any atom is 0.296 e. The van der Waals surface area contributed by atoms with Gasteiger partial charge >= 0.3 is 0 Å². The van der Waals surface area contributed by atoms with Crippen molar-refractivity contribution < 1.29 is 24.2 Å². The summed E-state index contributed by atoms with van der Waals surface area (Å²) in [6.07, 6.45) is 1.87. The van der Waals surface area contributed by atoms with Crippen LogP contribution in [-0.4, -0.2) is 45.7 Å². The van der Waals surface area contributed by atoms with Crippen LogP contribution >= 0.6 is 34.4 Å². The number of anilines is 1. The van der Waals surface area contributed by atoms with E-state index in [0.717, 1.165) is 18.4 Å². The van der Waals surface area contributed by atoms with Gasteiger partial charge in [-0.1, -0.05) is 72.8 Å². The van der Waals surface area contributed by atoms with E-state index in [2.05, 4.69) is 22.1 Å². The van der Waals surface area contributed by atoms with E-state index in [-0.39, 0.29) is 10.7 Å². The number of hydrogen-bond donors (Lipinski definition) is 1. The Labute approximate surface area is 256 Å². The predicted octanol–water partition coefficient (Wildman–Crippen LogP) is 6.87. The second-order valence-corrected chi connectivity index (χ2v) is 12.9. The maximum atomic E-state index is 13.9. The van der Waals surface area contributed by atoms with Crippen LogP contribution in [0.4, 0.5) is 5.13 Å². The number of ketones is 1. The van der Waals surface area contributed by atoms with Crippen molar-refractivity contribution in [1.82, 2.24) is 15.2 Å². The van der Waals surface area contributed by atoms with Gasteiger partial charge < -0.3 is 14.6 Å². The largest absolute Gasteiger partial charge is 0.503 e. The van der Waals surface area contributed by atoms with Crippen molar-refractivity contribution in [2.45, 2.75) is 49.7 Å². The molecule has 218 valence electrons. The van der Waals surface area contributed by atoms with E-state index in [4.69, 9.17) is 9.47 Å². The van der Waals surface area contributed by atoms with Gasteiger partial charge in [-0.3, -0.25) is 14.5 Å². The molecule has 12 heteroatoms. The van der Waals surface area contributed by atoms with Crippen molar-refractivity contribution in [2.75, 3.05) is 18.6 Å². The van der Waals surface area contributed by atoms with Crippen molar-refractivity contribution in [3.05, 3.63) is 86.6 Å². The standard InChI is InChI=1S/C30H30N4O5S3/c1-5-6-14-39-21-13-12-20(15-22(21)38-4)24-23(25(35)27-17(2)31-18(3)41-27)26(36)28(37)34(24)29-32-33-30(42-29)40-16-19-10-8-7-9-11-19/h7-13,15,24,36H,5-6,14,16H2,1-4H3. The number of nitrogens with zero attached hydrogens (tertiary/aromatic N) is 4. The van der Waals surface area contributed by atoms with Crippen LogP contribution in [0.1, 0.15) is 57.3 Å². The SMILES string of the molecule is CCCCOc1ccc(C2C(C(=O)c3sc(C)nc3C)=C(O)C(=O)N2c2nnc(SCc3ccccc3)s2)cc1OC. The quantitative estimate of drug-likeness (QED) is 0.0782. The molecule has 3 heterocycles. The monoisotopic (exact) mass is 622 g/mol. The van der Waals surface area contributed by atoms with Crippen LogP contribution in [0.3, 0.4) is 0 Å². The third-order valence-corrected chi connectivity index (χ3v) is 9.83. The lowest BCUT2D eigenvalue weighted by Gasteiger charge is -2.24. The molecule has 0 fully saturated rings. The van der Waals surface area contributed by atoms with E-state index in [1.807, 2.05) is 37.3 Å². The minimum absolute atomic E-state index is 0.0397. The summed E-state index contributed by atoms with van der Waals surface area (Å²) in [4.78, 5) is 33.7. The topological polar surface area (TPSA) is 115 Å². The summed E-state index contributed by atoms with van der Waals surface area (Å²) in [7, 11) is 1.53. The molecule has 0 radical (unpaired) electrons. The van der Waals surface area contributed by atoms with Gasteiger partial charge in [0.05, 0.1) is 40.9 Å². The smallest absolute Gasteiger partial charge is 0.296 e. The van der Waals surface area contributed by atoms with Crippen molar-refractivity contribution in [3.63, 3.8) is 0 Å². The average molecular weight is 623 g/mol. The van der Waals surface area contributed by atoms with Crippen molar-refractivity contribution in [3.8, 4) is 11.5 Å². The van der Waals surface area contributed by atoms with Gasteiger partial charge in [0, 0.05) is 5.75 Å². The van der Waals surface area contributed by atoms with Gasteiger partial charge in [-0.2, -0.15) is 0 Å². The minimum atomic E-state index is -0.967. The first kappa shape index (κ1) is 29.7. The van der Waals surface area contributed by atoms with E-state index >= 15 is 0 Å². The van der Waals surface area contributed by atoms with E-state index in [0.29, 0.717) is 49.3 Å². The molecule has 0 saturated heterocycles. The average Bonchev–Trinajstić information content (AvgIpc) is 3.67. The molecule has 0 saturated carbocycles. The summed E-state index contributed by atoms with van der Waals surface area (Å²) >= 11 is 3.95. The van der Waals surface area contributed by atoms with Crippen LogP contribution < -0.4 is 14.4 Å². The first-order valence-corrected chi connectivity index (χ1v) is 16.0. The highest BCUT2D eigenvalue weighted by molar-refractivity contribution is 8.00. The Kier molecular flexibility index (Phi) is 9.24. The number of aromatic nitrogens is 3. The van der Waals surface area contributed by atoms with Gasteiger partial charge in [0.1, 0.15) is 0 Å². The molecule has 1 aliphatic heterocycles. The molecule has 4 aromatic rings. The summed E-state index contributed by atoms with van der Waals surface area (Å²) in [5.74, 6) is -0.110. The number of carbonyl (C=O) groups excluding carboxylic acids is 2. The molecule has 0 aliphatic carbocycles. The zero-order valence-electron chi connectivity index (χ0n) is 23.6. The van der Waals surface area contributed by atoms with Gasteiger partial charge in [-0.15, -0.1) is 21.5 Å². The highest BCUT2D eigenvalue weighted by atomic mass is 32.2. The number of methoxy groups -OCH3 is 1. The molecular weight excluding hydrogens is 593 g/mol. The fourth-order valence-electron chi connectivity index (χ4n) is 4.59. The lowest BCUT2D eigenvalue weighted by molar-refractivity contribution is -0.117. The Morgan fingerprint density at radius 1 is 1.10 bits per heavy atom. The zero-order chi connectivity index (χ0) is 29.8. The second kappa shape index (κ2) is 13.1. The van der Waals surface area contributed by atoms with Crippen molar-refractivity contribution >= 4 is 51.3 Å². The van der Waals surface area contributed by atoms with Gasteiger partial charge in [0.25, 0.3) is 5.91 Å². The summed E-state index contributed by atoms with van der Waals surface area (Å²) in [6.45, 7) is 6.16. The molecule has 1 N–H and O–H groups in total. The Morgan fingerprint density at radius 3 is 2.57 bits per heavy atom. The van der Waals surface area contributed by atoms with E-state index in [1.54, 1.807) is 25.1 Å². The lowest BCUT2D eigenvalue weighted by Crippen LogP contribution is -2.31. The molecular formula is C30H30N4O5S3. The molecule has 5 rings (SSSR count). The fraction of sp³-hybridized carbons (Fsp3) is 0.300. The van der Waals surface area contributed by atoms with E-state index < -0.39 is 23.5 Å². The number of Topliss-reactive ketones (excluding diaryl/α,β-unsaturated/α-hetero) is 1. The second-order valence-electron chi connectivity index (χ2n) is 9.55. The Balaban J connectivity index is 1.54. The Bertz CT molecular complexity index is 1630. The normalized spacial score (nSPS) is 15.0. The minimum Gasteiger partial charge on any atom is -0.503 e. The number of thiazole rings is 1. The molecule has 9 nitrogen and oxygen atoms in total. The number of ether oxygens (including phenoxy) is 2. The number of amides is 1. The summed E-state index contributed by atoms with van der Waals surface area (Å²) < 4.78 is 12.2. The number of carbonyl (C=O) groups is 2. The fourth-order valence-corrected chi connectivity index (χ4v) is 7.29. The molecule has 42 heavy (non-hydrogen) atoms. The van der Waals surface area contributed by atoms with Crippen LogP contribution in [0.15, 0.2) is 64.2 Å². The number of aryl methyl sites for hydroxylation is 2. The van der Waals surface area contributed by atoms with Gasteiger partial charge in [0.2, 0.25) is 10.9 Å². The number of thioether (sulfide) groups is 1. The first-order valence-electron chi connectivity index (χ1n) is 13.4. The van der Waals surface area contributed by atoms with Gasteiger partial charge in [0.15, 0.2) is 21.6 Å². The Hall–Kier alpha value is -3.74. The van der Waals surface area contributed by atoms with Crippen LogP contribution in [-0.2, 0) is 10.5 Å². The number of benzene rings is 2. The van der Waals surface area contributed by atoms with Crippen LogP contribution in [0, 0.1) is 13.8 Å². The molecule has 1 atom stereocenters. The molecule has 0 bridgehead atoms. The molecule has 1 amide bonds. The Morgan fingerprint density at radius 2 is 1.88 bits per heavy atom. The number of rotatable bonds is 12. The predicted molar refractivity (Wildman–Crippen MR) is 165 cm³/mol. The van der Waals surface area contributed by atoms with E-state index in [1.165, 1.54) is 46.4 Å². The number of aliphatic hydroxyl groups is 1. The lowest BCUT2D eigenvalue weighted by atomic mass is 9.95. The highest BCUT2D eigenvalue weighted by Crippen LogP contribution is 2.46.